The minimum Gasteiger partial charge on any atom is -0.208 e. The number of rotatable bonds is 6. The summed E-state index contributed by atoms with van der Waals surface area (Å²) in [5.74, 6) is 1.94. The van der Waals surface area contributed by atoms with Crippen LogP contribution in [0.1, 0.15) is 0 Å². The summed E-state index contributed by atoms with van der Waals surface area (Å²) in [5, 5.41) is 7.27. The largest absolute Gasteiger partial charge is 0.208 e. The zero-order valence-corrected chi connectivity index (χ0v) is 31.6. The highest BCUT2D eigenvalue weighted by atomic mass is 32.1. The van der Waals surface area contributed by atoms with E-state index in [2.05, 4.69) is 182 Å². The molecule has 0 saturated heterocycles. The molecule has 0 spiro atoms. The van der Waals surface area contributed by atoms with Crippen LogP contribution in [0, 0.1) is 0 Å². The van der Waals surface area contributed by atoms with Crippen LogP contribution in [0.4, 0.5) is 0 Å². The van der Waals surface area contributed by atoms with Crippen LogP contribution in [0.2, 0.25) is 0 Å². The molecule has 3 nitrogen and oxygen atoms in total. The van der Waals surface area contributed by atoms with Crippen LogP contribution in [-0.4, -0.2) is 15.0 Å². The van der Waals surface area contributed by atoms with Crippen LogP contribution in [0.5, 0.6) is 0 Å². The monoisotopic (exact) mass is 743 g/mol. The molecule has 2 heterocycles. The highest BCUT2D eigenvalue weighted by Crippen LogP contribution is 2.46. The van der Waals surface area contributed by atoms with Crippen molar-refractivity contribution >= 4 is 53.1 Å². The number of thiophene rings is 1. The second-order valence-electron chi connectivity index (χ2n) is 14.3. The molecule has 0 aliphatic rings. The maximum Gasteiger partial charge on any atom is 0.165 e. The first kappa shape index (κ1) is 33.1. The van der Waals surface area contributed by atoms with Crippen molar-refractivity contribution in [3.63, 3.8) is 0 Å². The normalized spacial score (nSPS) is 11.5. The van der Waals surface area contributed by atoms with Gasteiger partial charge in [0.1, 0.15) is 0 Å². The van der Waals surface area contributed by atoms with Crippen molar-refractivity contribution in [2.75, 3.05) is 0 Å². The first-order chi connectivity index (χ1) is 28.3. The third-order valence-corrected chi connectivity index (χ3v) is 12.2. The summed E-state index contributed by atoms with van der Waals surface area (Å²) in [6.45, 7) is 0. The van der Waals surface area contributed by atoms with Crippen molar-refractivity contribution in [3.8, 4) is 67.5 Å². The van der Waals surface area contributed by atoms with Crippen molar-refractivity contribution in [3.05, 3.63) is 200 Å². The van der Waals surface area contributed by atoms with Crippen LogP contribution in [0.3, 0.4) is 0 Å². The van der Waals surface area contributed by atoms with Crippen LogP contribution in [-0.2, 0) is 0 Å². The molecule has 4 heteroatoms. The lowest BCUT2D eigenvalue weighted by Crippen LogP contribution is -2.00. The highest BCUT2D eigenvalue weighted by molar-refractivity contribution is 7.26. The molecule has 9 aromatic carbocycles. The topological polar surface area (TPSA) is 38.7 Å². The van der Waals surface area contributed by atoms with Crippen molar-refractivity contribution in [1.29, 1.82) is 0 Å². The zero-order chi connectivity index (χ0) is 37.7. The van der Waals surface area contributed by atoms with Gasteiger partial charge in [-0.1, -0.05) is 182 Å². The molecule has 0 unspecified atom stereocenters. The fraction of sp³-hybridized carbons (Fsp3) is 0. The Morgan fingerprint density at radius 1 is 0.298 bits per heavy atom. The summed E-state index contributed by atoms with van der Waals surface area (Å²) in [5.41, 5.74) is 9.94. The molecule has 0 bridgehead atoms. The van der Waals surface area contributed by atoms with E-state index in [9.17, 15) is 0 Å². The first-order valence-corrected chi connectivity index (χ1v) is 20.0. The average Bonchev–Trinajstić information content (AvgIpc) is 3.68. The summed E-state index contributed by atoms with van der Waals surface area (Å²) >= 11 is 1.79. The van der Waals surface area contributed by atoms with Gasteiger partial charge in [0.05, 0.1) is 0 Å². The fourth-order valence-electron chi connectivity index (χ4n) is 8.29. The zero-order valence-electron chi connectivity index (χ0n) is 30.8. The highest BCUT2D eigenvalue weighted by Gasteiger charge is 2.21. The molecule has 2 aromatic heterocycles. The molecule has 11 rings (SSSR count). The Hall–Kier alpha value is -7.27. The Bertz CT molecular complexity index is 3300. The van der Waals surface area contributed by atoms with Crippen LogP contribution in [0.25, 0.3) is 109 Å². The Balaban J connectivity index is 1.15. The molecule has 0 atom stereocenters. The van der Waals surface area contributed by atoms with Gasteiger partial charge in [-0.15, -0.1) is 11.3 Å². The lowest BCUT2D eigenvalue weighted by Gasteiger charge is -2.20. The van der Waals surface area contributed by atoms with E-state index in [1.54, 1.807) is 11.3 Å². The van der Waals surface area contributed by atoms with Gasteiger partial charge < -0.3 is 0 Å². The van der Waals surface area contributed by atoms with Crippen molar-refractivity contribution < 1.29 is 0 Å². The Kier molecular flexibility index (Phi) is 8.01. The van der Waals surface area contributed by atoms with E-state index in [0.29, 0.717) is 17.5 Å². The smallest absolute Gasteiger partial charge is 0.165 e. The molecule has 0 amide bonds. The third kappa shape index (κ3) is 5.78. The number of aromatic nitrogens is 3. The quantitative estimate of drug-likeness (QED) is 0.170. The molecule has 0 N–H and O–H groups in total. The maximum atomic E-state index is 5.28. The van der Waals surface area contributed by atoms with E-state index in [1.165, 1.54) is 69.5 Å². The van der Waals surface area contributed by atoms with Gasteiger partial charge in [0.15, 0.2) is 17.5 Å². The number of fused-ring (bicyclic) bond motifs is 5. The van der Waals surface area contributed by atoms with Gasteiger partial charge in [-0.25, -0.2) is 15.0 Å². The molecular formula is C53H33N3S. The maximum absolute atomic E-state index is 5.28. The minimum atomic E-state index is 0.635. The summed E-state index contributed by atoms with van der Waals surface area (Å²) in [7, 11) is 0. The van der Waals surface area contributed by atoms with Gasteiger partial charge in [-0.05, 0) is 73.1 Å². The molecule has 0 aliphatic carbocycles. The average molecular weight is 744 g/mol. The minimum absolute atomic E-state index is 0.635. The van der Waals surface area contributed by atoms with Crippen molar-refractivity contribution in [2.24, 2.45) is 0 Å². The van der Waals surface area contributed by atoms with Gasteiger partial charge >= 0.3 is 0 Å². The van der Waals surface area contributed by atoms with Crippen LogP contribution < -0.4 is 0 Å². The number of hydrogen-bond acceptors (Lipinski definition) is 4. The standard InChI is InChI=1S/C53H33N3S/c1-3-15-34(16-4-1)42-31-29-36-18-8-10-24-41(36)49(42)45-32-30-35-17-7-9-23-40(35)48(45)38-21-13-22-39(33-38)52-54-51(37-19-5-2-6-20-37)55-53(56-52)46-27-14-26-44-43-25-11-12-28-47(43)57-50(44)46/h1-33H. The molecule has 0 aliphatic heterocycles. The second kappa shape index (κ2) is 13.8. The van der Waals surface area contributed by atoms with E-state index in [-0.39, 0.29) is 0 Å². The van der Waals surface area contributed by atoms with Gasteiger partial charge in [0.25, 0.3) is 0 Å². The lowest BCUT2D eigenvalue weighted by atomic mass is 9.84. The van der Waals surface area contributed by atoms with Crippen LogP contribution >= 0.6 is 11.3 Å². The predicted molar refractivity (Wildman–Crippen MR) is 240 cm³/mol. The molecule has 0 fully saturated rings. The number of nitrogens with zero attached hydrogens (tertiary/aromatic N) is 3. The van der Waals surface area contributed by atoms with E-state index in [4.69, 9.17) is 15.0 Å². The predicted octanol–water partition coefficient (Wildman–Crippen LogP) is 14.5. The number of benzene rings is 9. The molecule has 57 heavy (non-hydrogen) atoms. The molecule has 266 valence electrons. The molecular weight excluding hydrogens is 711 g/mol. The summed E-state index contributed by atoms with van der Waals surface area (Å²) in [6.07, 6.45) is 0. The second-order valence-corrected chi connectivity index (χ2v) is 15.4. The summed E-state index contributed by atoms with van der Waals surface area (Å²) in [6, 6.07) is 71.2. The Morgan fingerprint density at radius 3 is 1.58 bits per heavy atom. The van der Waals surface area contributed by atoms with Gasteiger partial charge in [-0.2, -0.15) is 0 Å². The summed E-state index contributed by atoms with van der Waals surface area (Å²) in [4.78, 5) is 15.6. The Morgan fingerprint density at radius 2 is 0.825 bits per heavy atom. The van der Waals surface area contributed by atoms with Crippen LogP contribution in [0.15, 0.2) is 200 Å². The van der Waals surface area contributed by atoms with E-state index in [0.717, 1.165) is 22.3 Å². The van der Waals surface area contributed by atoms with Crippen molar-refractivity contribution in [2.45, 2.75) is 0 Å². The van der Waals surface area contributed by atoms with Gasteiger partial charge in [-0.3, -0.25) is 0 Å². The van der Waals surface area contributed by atoms with Gasteiger partial charge in [0, 0.05) is 36.9 Å². The van der Waals surface area contributed by atoms with E-state index in [1.807, 2.05) is 18.2 Å². The van der Waals surface area contributed by atoms with E-state index >= 15 is 0 Å². The van der Waals surface area contributed by atoms with E-state index < -0.39 is 0 Å². The molecule has 0 saturated carbocycles. The molecule has 11 aromatic rings. The molecule has 0 radical (unpaired) electrons. The SMILES string of the molecule is c1ccc(-c2nc(-c3cccc(-c4c(-c5c(-c6ccccc6)ccc6ccccc56)ccc5ccccc45)c3)nc(-c3cccc4c3sc3ccccc34)n2)cc1. The van der Waals surface area contributed by atoms with Crippen molar-refractivity contribution in [1.82, 2.24) is 15.0 Å². The number of hydrogen-bond donors (Lipinski definition) is 0. The fourth-order valence-corrected chi connectivity index (χ4v) is 9.50. The van der Waals surface area contributed by atoms with Gasteiger partial charge in [0.2, 0.25) is 0 Å². The third-order valence-electron chi connectivity index (χ3n) is 10.9. The lowest BCUT2D eigenvalue weighted by molar-refractivity contribution is 1.08. The Labute approximate surface area is 334 Å². The summed E-state index contributed by atoms with van der Waals surface area (Å²) < 4.78 is 2.42. The first-order valence-electron chi connectivity index (χ1n) is 19.2.